The smallest absolute Gasteiger partial charge is 0.251 e. The molecular formula is C15H20BrN3O2. The van der Waals surface area contributed by atoms with E-state index in [-0.39, 0.29) is 5.54 Å². The molecule has 1 aromatic heterocycles. The fraction of sp³-hybridized carbons (Fsp3) is 0.467. The van der Waals surface area contributed by atoms with Gasteiger partial charge in [0.25, 0.3) is 5.89 Å². The molecule has 1 heterocycles. The van der Waals surface area contributed by atoms with E-state index in [0.29, 0.717) is 24.0 Å². The molecule has 0 saturated carbocycles. The van der Waals surface area contributed by atoms with Crippen molar-refractivity contribution in [1.29, 1.82) is 0 Å². The number of halogens is 1. The third-order valence-electron chi connectivity index (χ3n) is 2.86. The van der Waals surface area contributed by atoms with Gasteiger partial charge in [0.2, 0.25) is 5.89 Å². The van der Waals surface area contributed by atoms with Crippen LogP contribution in [0.2, 0.25) is 0 Å². The Morgan fingerprint density at radius 2 is 2.05 bits per heavy atom. The van der Waals surface area contributed by atoms with Gasteiger partial charge in [-0.3, -0.25) is 0 Å². The van der Waals surface area contributed by atoms with Gasteiger partial charge in [-0.05, 0) is 39.0 Å². The van der Waals surface area contributed by atoms with E-state index in [2.05, 4.69) is 52.2 Å². The van der Waals surface area contributed by atoms with Gasteiger partial charge in [0.1, 0.15) is 5.75 Å². The molecular weight excluding hydrogens is 334 g/mol. The Morgan fingerprint density at radius 1 is 1.29 bits per heavy atom. The number of nitrogens with one attached hydrogen (secondary N) is 1. The van der Waals surface area contributed by atoms with Crippen LogP contribution in [0.3, 0.4) is 0 Å². The summed E-state index contributed by atoms with van der Waals surface area (Å²) in [6.07, 6.45) is 0.698. The molecule has 0 spiro atoms. The molecule has 5 nitrogen and oxygen atoms in total. The quantitative estimate of drug-likeness (QED) is 0.891. The van der Waals surface area contributed by atoms with E-state index in [4.69, 9.17) is 9.15 Å². The van der Waals surface area contributed by atoms with Crippen molar-refractivity contribution < 1.29 is 9.15 Å². The summed E-state index contributed by atoms with van der Waals surface area (Å²) in [5.41, 5.74) is 0.876. The van der Waals surface area contributed by atoms with Crippen LogP contribution in [0.4, 0.5) is 0 Å². The maximum atomic E-state index is 5.71. The minimum atomic E-state index is 0.0811. The number of hydrogen-bond acceptors (Lipinski definition) is 5. The van der Waals surface area contributed by atoms with Crippen molar-refractivity contribution in [2.45, 2.75) is 32.7 Å². The van der Waals surface area contributed by atoms with Gasteiger partial charge < -0.3 is 14.5 Å². The highest BCUT2D eigenvalue weighted by molar-refractivity contribution is 9.10. The standard InChI is InChI=1S/C15H20BrN3O2/c1-15(2,3)17-8-7-13-18-19-14(21-13)11-6-5-10(16)9-12(11)20-4/h5-6,9,17H,7-8H2,1-4H3. The Hall–Kier alpha value is -1.40. The Kier molecular flexibility index (Phi) is 5.00. The highest BCUT2D eigenvalue weighted by atomic mass is 79.9. The summed E-state index contributed by atoms with van der Waals surface area (Å²) >= 11 is 3.41. The van der Waals surface area contributed by atoms with E-state index < -0.39 is 0 Å². The number of aromatic nitrogens is 2. The van der Waals surface area contributed by atoms with Crippen LogP contribution in [-0.2, 0) is 6.42 Å². The van der Waals surface area contributed by atoms with Gasteiger partial charge in [0, 0.05) is 23.0 Å². The molecule has 2 rings (SSSR count). The summed E-state index contributed by atoms with van der Waals surface area (Å²) in [6, 6.07) is 5.69. The van der Waals surface area contributed by atoms with E-state index in [0.717, 1.165) is 16.6 Å². The lowest BCUT2D eigenvalue weighted by atomic mass is 10.1. The van der Waals surface area contributed by atoms with Crippen molar-refractivity contribution >= 4 is 15.9 Å². The number of hydrogen-bond donors (Lipinski definition) is 1. The molecule has 0 bridgehead atoms. The molecule has 21 heavy (non-hydrogen) atoms. The molecule has 1 aromatic carbocycles. The third-order valence-corrected chi connectivity index (χ3v) is 3.35. The monoisotopic (exact) mass is 353 g/mol. The lowest BCUT2D eigenvalue weighted by Crippen LogP contribution is -2.37. The lowest BCUT2D eigenvalue weighted by molar-refractivity contribution is 0.407. The van der Waals surface area contributed by atoms with E-state index in [1.165, 1.54) is 0 Å². The first-order valence-electron chi connectivity index (χ1n) is 6.80. The summed E-state index contributed by atoms with van der Waals surface area (Å²) in [5.74, 6) is 1.80. The van der Waals surface area contributed by atoms with Crippen molar-refractivity contribution in [3.05, 3.63) is 28.6 Å². The summed E-state index contributed by atoms with van der Waals surface area (Å²) < 4.78 is 12.0. The predicted molar refractivity (Wildman–Crippen MR) is 85.4 cm³/mol. The molecule has 0 saturated heterocycles. The molecule has 0 aliphatic rings. The summed E-state index contributed by atoms with van der Waals surface area (Å²) in [4.78, 5) is 0. The number of nitrogens with zero attached hydrogens (tertiary/aromatic N) is 2. The number of methoxy groups -OCH3 is 1. The number of ether oxygens (including phenoxy) is 1. The zero-order chi connectivity index (χ0) is 15.5. The van der Waals surface area contributed by atoms with Gasteiger partial charge in [-0.15, -0.1) is 10.2 Å². The van der Waals surface area contributed by atoms with Crippen molar-refractivity contribution in [1.82, 2.24) is 15.5 Å². The maximum Gasteiger partial charge on any atom is 0.251 e. The highest BCUT2D eigenvalue weighted by Gasteiger charge is 2.14. The normalized spacial score (nSPS) is 11.7. The van der Waals surface area contributed by atoms with Crippen LogP contribution >= 0.6 is 15.9 Å². The fourth-order valence-corrected chi connectivity index (χ4v) is 2.19. The first-order valence-corrected chi connectivity index (χ1v) is 7.59. The molecule has 6 heteroatoms. The van der Waals surface area contributed by atoms with Crippen LogP contribution < -0.4 is 10.1 Å². The topological polar surface area (TPSA) is 60.2 Å². The van der Waals surface area contributed by atoms with Gasteiger partial charge in [-0.2, -0.15) is 0 Å². The van der Waals surface area contributed by atoms with Gasteiger partial charge >= 0.3 is 0 Å². The van der Waals surface area contributed by atoms with Crippen molar-refractivity contribution in [2.24, 2.45) is 0 Å². The molecule has 0 unspecified atom stereocenters. The van der Waals surface area contributed by atoms with Gasteiger partial charge in [-0.1, -0.05) is 15.9 Å². The fourth-order valence-electron chi connectivity index (χ4n) is 1.85. The van der Waals surface area contributed by atoms with Crippen LogP contribution in [0.5, 0.6) is 5.75 Å². The summed E-state index contributed by atoms with van der Waals surface area (Å²) in [7, 11) is 1.62. The Balaban J connectivity index is 2.09. The van der Waals surface area contributed by atoms with E-state index in [1.807, 2.05) is 18.2 Å². The van der Waals surface area contributed by atoms with Crippen molar-refractivity contribution in [2.75, 3.05) is 13.7 Å². The Morgan fingerprint density at radius 3 is 2.71 bits per heavy atom. The van der Waals surface area contributed by atoms with Crippen LogP contribution in [0.25, 0.3) is 11.5 Å². The molecule has 0 aliphatic carbocycles. The molecule has 0 fully saturated rings. The van der Waals surface area contributed by atoms with Crippen LogP contribution in [0.15, 0.2) is 27.1 Å². The SMILES string of the molecule is COc1cc(Br)ccc1-c1nnc(CCNC(C)(C)C)o1. The van der Waals surface area contributed by atoms with Crippen LogP contribution in [0.1, 0.15) is 26.7 Å². The molecule has 2 aromatic rings. The number of rotatable bonds is 5. The summed E-state index contributed by atoms with van der Waals surface area (Å²) in [6.45, 7) is 7.17. The molecule has 0 atom stereocenters. The molecule has 1 N–H and O–H groups in total. The van der Waals surface area contributed by atoms with E-state index >= 15 is 0 Å². The van der Waals surface area contributed by atoms with Gasteiger partial charge in [0.15, 0.2) is 0 Å². The average molecular weight is 354 g/mol. The van der Waals surface area contributed by atoms with Crippen molar-refractivity contribution in [3.63, 3.8) is 0 Å². The minimum Gasteiger partial charge on any atom is -0.496 e. The van der Waals surface area contributed by atoms with Crippen LogP contribution in [0, 0.1) is 0 Å². The zero-order valence-corrected chi connectivity index (χ0v) is 14.3. The van der Waals surface area contributed by atoms with Crippen LogP contribution in [-0.4, -0.2) is 29.4 Å². The van der Waals surface area contributed by atoms with Gasteiger partial charge in [-0.25, -0.2) is 0 Å². The third kappa shape index (κ3) is 4.54. The van der Waals surface area contributed by atoms with Crippen molar-refractivity contribution in [3.8, 4) is 17.2 Å². The minimum absolute atomic E-state index is 0.0811. The molecule has 0 aliphatic heterocycles. The first kappa shape index (κ1) is 16.0. The first-order chi connectivity index (χ1) is 9.89. The second-order valence-electron chi connectivity index (χ2n) is 5.77. The van der Waals surface area contributed by atoms with E-state index in [1.54, 1.807) is 7.11 Å². The molecule has 114 valence electrons. The zero-order valence-electron chi connectivity index (χ0n) is 12.7. The highest BCUT2D eigenvalue weighted by Crippen LogP contribution is 2.31. The Bertz CT molecular complexity index is 605. The predicted octanol–water partition coefficient (Wildman–Crippen LogP) is 3.44. The maximum absolute atomic E-state index is 5.71. The Labute approximate surface area is 133 Å². The largest absolute Gasteiger partial charge is 0.496 e. The second-order valence-corrected chi connectivity index (χ2v) is 6.69. The molecule has 0 amide bonds. The molecule has 0 radical (unpaired) electrons. The van der Waals surface area contributed by atoms with E-state index in [9.17, 15) is 0 Å². The average Bonchev–Trinajstić information content (AvgIpc) is 2.85. The lowest BCUT2D eigenvalue weighted by Gasteiger charge is -2.19. The summed E-state index contributed by atoms with van der Waals surface area (Å²) in [5, 5.41) is 11.6. The second kappa shape index (κ2) is 6.58. The van der Waals surface area contributed by atoms with Gasteiger partial charge in [0.05, 0.1) is 12.7 Å². The number of benzene rings is 1.